The molecule has 2 aliphatic heterocycles. The van der Waals surface area contributed by atoms with Gasteiger partial charge < -0.3 is 9.64 Å². The number of sulfonamides is 1. The maximum Gasteiger partial charge on any atom is 0.416 e. The van der Waals surface area contributed by atoms with Crippen molar-refractivity contribution in [3.8, 4) is 5.75 Å². The summed E-state index contributed by atoms with van der Waals surface area (Å²) in [6, 6.07) is 9.10. The van der Waals surface area contributed by atoms with Crippen LogP contribution in [0.3, 0.4) is 0 Å². The van der Waals surface area contributed by atoms with Gasteiger partial charge in [0.2, 0.25) is 0 Å². The van der Waals surface area contributed by atoms with Gasteiger partial charge in [-0.25, -0.2) is 8.42 Å². The van der Waals surface area contributed by atoms with E-state index in [0.29, 0.717) is 18.0 Å². The predicted octanol–water partition coefficient (Wildman–Crippen LogP) is 3.89. The van der Waals surface area contributed by atoms with Crippen molar-refractivity contribution >= 4 is 21.4 Å². The molecule has 0 aliphatic carbocycles. The second-order valence-corrected chi connectivity index (χ2v) is 8.76. The zero-order valence-electron chi connectivity index (χ0n) is 15.1. The normalized spacial score (nSPS) is 19.4. The Labute approximate surface area is 161 Å². The minimum atomic E-state index is -4.48. The van der Waals surface area contributed by atoms with Gasteiger partial charge in [0.15, 0.2) is 0 Å². The Morgan fingerprint density at radius 3 is 2.43 bits per heavy atom. The van der Waals surface area contributed by atoms with Crippen LogP contribution in [0.15, 0.2) is 47.4 Å². The summed E-state index contributed by atoms with van der Waals surface area (Å²) in [7, 11) is -2.43. The van der Waals surface area contributed by atoms with Crippen molar-refractivity contribution in [2.45, 2.75) is 30.0 Å². The lowest BCUT2D eigenvalue weighted by Crippen LogP contribution is -2.48. The monoisotopic (exact) mass is 412 g/mol. The van der Waals surface area contributed by atoms with Gasteiger partial charge >= 0.3 is 6.18 Å². The Hall–Kier alpha value is -2.42. The molecule has 1 saturated heterocycles. The van der Waals surface area contributed by atoms with Crippen molar-refractivity contribution in [3.63, 3.8) is 0 Å². The number of benzene rings is 2. The van der Waals surface area contributed by atoms with E-state index in [1.54, 1.807) is 12.1 Å². The second-order valence-electron chi connectivity index (χ2n) is 6.90. The molecule has 2 aromatic carbocycles. The Balaban J connectivity index is 1.81. The molecule has 2 aromatic rings. The van der Waals surface area contributed by atoms with Crippen molar-refractivity contribution in [3.05, 3.63) is 48.0 Å². The van der Waals surface area contributed by atoms with Gasteiger partial charge in [-0.05, 0) is 55.3 Å². The average molecular weight is 412 g/mol. The molecule has 0 unspecified atom stereocenters. The van der Waals surface area contributed by atoms with Gasteiger partial charge in [-0.15, -0.1) is 0 Å². The minimum Gasteiger partial charge on any atom is -0.497 e. The topological polar surface area (TPSA) is 49.9 Å². The quantitative estimate of drug-likeness (QED) is 0.768. The van der Waals surface area contributed by atoms with Crippen LogP contribution in [0.4, 0.5) is 24.5 Å². The molecule has 5 nitrogen and oxygen atoms in total. The lowest BCUT2D eigenvalue weighted by atomic mass is 10.1. The van der Waals surface area contributed by atoms with Gasteiger partial charge in [-0.2, -0.15) is 13.2 Å². The smallest absolute Gasteiger partial charge is 0.416 e. The van der Waals surface area contributed by atoms with E-state index in [4.69, 9.17) is 4.74 Å². The summed E-state index contributed by atoms with van der Waals surface area (Å²) >= 11 is 0. The number of ether oxygens (including phenoxy) is 1. The fourth-order valence-corrected chi connectivity index (χ4v) is 5.39. The first-order valence-corrected chi connectivity index (χ1v) is 10.3. The lowest BCUT2D eigenvalue weighted by Gasteiger charge is -2.40. The van der Waals surface area contributed by atoms with E-state index >= 15 is 0 Å². The lowest BCUT2D eigenvalue weighted by molar-refractivity contribution is -0.137. The van der Waals surface area contributed by atoms with Gasteiger partial charge in [-0.3, -0.25) is 4.31 Å². The molecule has 0 radical (unpaired) electrons. The number of nitrogens with zero attached hydrogens (tertiary/aromatic N) is 2. The summed E-state index contributed by atoms with van der Waals surface area (Å²) < 4.78 is 72.4. The number of hydrogen-bond acceptors (Lipinski definition) is 4. The first kappa shape index (κ1) is 18.9. The van der Waals surface area contributed by atoms with E-state index in [0.717, 1.165) is 25.0 Å². The maximum absolute atomic E-state index is 13.3. The number of anilines is 2. The molecule has 1 atom stereocenters. The number of alkyl halides is 3. The third-order valence-electron chi connectivity index (χ3n) is 5.28. The van der Waals surface area contributed by atoms with Crippen LogP contribution in [0, 0.1) is 0 Å². The summed E-state index contributed by atoms with van der Waals surface area (Å²) in [5.41, 5.74) is -0.178. The highest BCUT2D eigenvalue weighted by molar-refractivity contribution is 7.92. The molecule has 0 N–H and O–H groups in total. The molecule has 150 valence electrons. The van der Waals surface area contributed by atoms with E-state index in [9.17, 15) is 21.6 Å². The van der Waals surface area contributed by atoms with E-state index in [2.05, 4.69) is 0 Å². The highest BCUT2D eigenvalue weighted by atomic mass is 32.2. The first-order valence-electron chi connectivity index (χ1n) is 8.86. The van der Waals surface area contributed by atoms with Gasteiger partial charge in [0.25, 0.3) is 10.0 Å². The number of rotatable bonds is 3. The first-order chi connectivity index (χ1) is 13.2. The van der Waals surface area contributed by atoms with E-state index < -0.39 is 21.8 Å². The molecule has 1 fully saturated rings. The fraction of sp³-hybridized carbons (Fsp3) is 0.368. The number of fused-ring (bicyclic) bond motifs is 3. The number of methoxy groups -OCH3 is 1. The van der Waals surface area contributed by atoms with E-state index in [-0.39, 0.29) is 23.2 Å². The summed E-state index contributed by atoms with van der Waals surface area (Å²) in [5, 5.41) is 0. The highest BCUT2D eigenvalue weighted by Crippen LogP contribution is 2.44. The maximum atomic E-state index is 13.3. The molecular formula is C19H19F3N2O3S. The molecule has 0 aromatic heterocycles. The van der Waals surface area contributed by atoms with Crippen LogP contribution in [0.1, 0.15) is 18.4 Å². The Morgan fingerprint density at radius 2 is 1.79 bits per heavy atom. The van der Waals surface area contributed by atoms with Crippen LogP contribution in [0.2, 0.25) is 0 Å². The van der Waals surface area contributed by atoms with Crippen LogP contribution in [-0.4, -0.2) is 34.7 Å². The van der Waals surface area contributed by atoms with E-state index in [1.807, 2.05) is 4.90 Å². The Kier molecular flexibility index (Phi) is 4.45. The van der Waals surface area contributed by atoms with Crippen LogP contribution >= 0.6 is 0 Å². The molecule has 2 aliphatic rings. The Bertz CT molecular complexity index is 990. The summed E-state index contributed by atoms with van der Waals surface area (Å²) in [5.74, 6) is 0.523. The van der Waals surface area contributed by atoms with Crippen molar-refractivity contribution in [2.75, 3.05) is 29.4 Å². The highest BCUT2D eigenvalue weighted by Gasteiger charge is 2.41. The predicted molar refractivity (Wildman–Crippen MR) is 99.3 cm³/mol. The van der Waals surface area contributed by atoms with Crippen LogP contribution in [-0.2, 0) is 16.2 Å². The van der Waals surface area contributed by atoms with Crippen LogP contribution in [0.25, 0.3) is 0 Å². The van der Waals surface area contributed by atoms with Gasteiger partial charge in [0, 0.05) is 12.6 Å². The third-order valence-corrected chi connectivity index (χ3v) is 7.08. The zero-order chi connectivity index (χ0) is 20.1. The SMILES string of the molecule is COc1ccc(S(=O)(=O)N2C[C@@H]3CCCN3c3cc(C(F)(F)F)ccc32)cc1. The van der Waals surface area contributed by atoms with Crippen molar-refractivity contribution < 1.29 is 26.3 Å². The molecule has 2 heterocycles. The van der Waals surface area contributed by atoms with Crippen molar-refractivity contribution in [1.82, 2.24) is 0 Å². The molecule has 0 amide bonds. The van der Waals surface area contributed by atoms with Gasteiger partial charge in [0.05, 0.1) is 35.5 Å². The molecule has 0 saturated carbocycles. The minimum absolute atomic E-state index is 0.0746. The molecule has 0 spiro atoms. The summed E-state index contributed by atoms with van der Waals surface area (Å²) in [6.45, 7) is 0.835. The fourth-order valence-electron chi connectivity index (χ4n) is 3.88. The average Bonchev–Trinajstić information content (AvgIpc) is 3.15. The second kappa shape index (κ2) is 6.58. The molecule has 28 heavy (non-hydrogen) atoms. The molecule has 4 rings (SSSR count). The third kappa shape index (κ3) is 3.07. The zero-order valence-corrected chi connectivity index (χ0v) is 15.9. The van der Waals surface area contributed by atoms with Gasteiger partial charge in [-0.1, -0.05) is 0 Å². The van der Waals surface area contributed by atoms with Crippen LogP contribution < -0.4 is 13.9 Å². The van der Waals surface area contributed by atoms with E-state index in [1.165, 1.54) is 29.6 Å². The number of halogens is 3. The summed E-state index contributed by atoms with van der Waals surface area (Å²) in [4.78, 5) is 1.97. The van der Waals surface area contributed by atoms with Crippen molar-refractivity contribution in [1.29, 1.82) is 0 Å². The van der Waals surface area contributed by atoms with Crippen molar-refractivity contribution in [2.24, 2.45) is 0 Å². The van der Waals surface area contributed by atoms with Gasteiger partial charge in [0.1, 0.15) is 5.75 Å². The Morgan fingerprint density at radius 1 is 1.07 bits per heavy atom. The van der Waals surface area contributed by atoms with Crippen LogP contribution in [0.5, 0.6) is 5.75 Å². The standard InChI is InChI=1S/C19H19F3N2O3S/c1-27-15-5-7-16(8-6-15)28(25,26)24-12-14-3-2-10-23(14)18-11-13(19(20,21)22)4-9-17(18)24/h4-9,11,14H,2-3,10,12H2,1H3/t14-/m0/s1. The summed E-state index contributed by atoms with van der Waals surface area (Å²) in [6.07, 6.45) is -2.93. The molecule has 9 heteroatoms. The molecule has 0 bridgehead atoms. The molecular weight excluding hydrogens is 393 g/mol. The number of hydrogen-bond donors (Lipinski definition) is 0. The largest absolute Gasteiger partial charge is 0.497 e.